The lowest BCUT2D eigenvalue weighted by atomic mass is 10.1. The lowest BCUT2D eigenvalue weighted by Crippen LogP contribution is -2.20. The van der Waals surface area contributed by atoms with Crippen molar-refractivity contribution in [3.8, 4) is 0 Å². The van der Waals surface area contributed by atoms with E-state index in [1.165, 1.54) is 31.5 Å². The summed E-state index contributed by atoms with van der Waals surface area (Å²) < 4.78 is 0. The number of hydrogen-bond acceptors (Lipinski definition) is 3. The third-order valence-electron chi connectivity index (χ3n) is 3.19. The van der Waals surface area contributed by atoms with Crippen LogP contribution in [-0.2, 0) is 6.54 Å². The van der Waals surface area contributed by atoms with Gasteiger partial charge in [0, 0.05) is 12.1 Å². The maximum absolute atomic E-state index is 11.8. The van der Waals surface area contributed by atoms with E-state index in [-0.39, 0.29) is 5.78 Å². The fraction of sp³-hybridized carbons (Fsp3) is 0.500. The maximum atomic E-state index is 11.8. The largest absolute Gasteiger partial charge is 0.313 e. The third-order valence-corrected chi connectivity index (χ3v) is 3.19. The molecule has 0 aliphatic carbocycles. The van der Waals surface area contributed by atoms with Crippen LogP contribution in [-0.4, -0.2) is 37.4 Å². The molecular weight excluding hydrogens is 212 g/mol. The highest BCUT2D eigenvalue weighted by Gasteiger charge is 2.12. The minimum atomic E-state index is 0.163. The number of rotatable bonds is 5. The van der Waals surface area contributed by atoms with E-state index in [0.29, 0.717) is 6.54 Å². The van der Waals surface area contributed by atoms with Crippen LogP contribution in [0.1, 0.15) is 28.8 Å². The summed E-state index contributed by atoms with van der Waals surface area (Å²) in [6.07, 6.45) is 2.61. The van der Waals surface area contributed by atoms with Crippen molar-refractivity contribution in [2.45, 2.75) is 19.4 Å². The Bertz CT molecular complexity index is 384. The topological polar surface area (TPSA) is 32.3 Å². The van der Waals surface area contributed by atoms with E-state index in [4.69, 9.17) is 0 Å². The Balaban J connectivity index is 2.02. The van der Waals surface area contributed by atoms with Gasteiger partial charge in [-0.05, 0) is 44.6 Å². The van der Waals surface area contributed by atoms with Crippen LogP contribution in [0.25, 0.3) is 0 Å². The average Bonchev–Trinajstić information content (AvgIpc) is 2.82. The molecule has 1 aliphatic heterocycles. The molecule has 0 radical (unpaired) electrons. The van der Waals surface area contributed by atoms with Gasteiger partial charge in [0.25, 0.3) is 0 Å². The van der Waals surface area contributed by atoms with E-state index in [2.05, 4.69) is 16.3 Å². The van der Waals surface area contributed by atoms with Crippen LogP contribution in [0.15, 0.2) is 24.3 Å². The number of Topliss-reactive ketones (excluding diaryl/α,β-unsaturated/α-hetero) is 1. The molecule has 1 heterocycles. The average molecular weight is 232 g/mol. The third kappa shape index (κ3) is 3.38. The standard InChI is InChI=1S/C14H20N2O/c1-15-10-14(17)13-6-4-5-12(9-13)11-16-7-2-3-8-16/h4-6,9,15H,2-3,7-8,10-11H2,1H3. The van der Waals surface area contributed by atoms with Gasteiger partial charge in [0.2, 0.25) is 0 Å². The Morgan fingerprint density at radius 2 is 2.12 bits per heavy atom. The van der Waals surface area contributed by atoms with Gasteiger partial charge >= 0.3 is 0 Å². The molecule has 2 rings (SSSR count). The van der Waals surface area contributed by atoms with E-state index in [1.807, 2.05) is 18.2 Å². The fourth-order valence-electron chi connectivity index (χ4n) is 2.30. The minimum Gasteiger partial charge on any atom is -0.313 e. The first-order chi connectivity index (χ1) is 8.29. The van der Waals surface area contributed by atoms with Crippen molar-refractivity contribution < 1.29 is 4.79 Å². The summed E-state index contributed by atoms with van der Waals surface area (Å²) in [5.41, 5.74) is 2.06. The summed E-state index contributed by atoms with van der Waals surface area (Å²) in [6.45, 7) is 3.76. The summed E-state index contributed by atoms with van der Waals surface area (Å²) in [4.78, 5) is 14.2. The zero-order valence-corrected chi connectivity index (χ0v) is 10.4. The molecule has 0 saturated carbocycles. The SMILES string of the molecule is CNCC(=O)c1cccc(CN2CCCC2)c1. The maximum Gasteiger partial charge on any atom is 0.176 e. The number of likely N-dealkylation sites (N-methyl/N-ethyl adjacent to an activating group) is 1. The Labute approximate surface area is 103 Å². The number of ketones is 1. The van der Waals surface area contributed by atoms with Crippen molar-refractivity contribution >= 4 is 5.78 Å². The van der Waals surface area contributed by atoms with Gasteiger partial charge in [-0.15, -0.1) is 0 Å². The lowest BCUT2D eigenvalue weighted by molar-refractivity contribution is 0.0993. The highest BCUT2D eigenvalue weighted by Crippen LogP contribution is 2.14. The van der Waals surface area contributed by atoms with Gasteiger partial charge in [-0.3, -0.25) is 9.69 Å². The molecule has 3 heteroatoms. The van der Waals surface area contributed by atoms with Crippen molar-refractivity contribution in [2.75, 3.05) is 26.7 Å². The van der Waals surface area contributed by atoms with Crippen LogP contribution in [0, 0.1) is 0 Å². The van der Waals surface area contributed by atoms with Crippen LogP contribution in [0.2, 0.25) is 0 Å². The normalized spacial score (nSPS) is 16.3. The first-order valence-electron chi connectivity index (χ1n) is 6.28. The summed E-state index contributed by atoms with van der Waals surface area (Å²) in [7, 11) is 1.80. The second-order valence-corrected chi connectivity index (χ2v) is 4.64. The molecule has 1 aliphatic rings. The molecule has 0 unspecified atom stereocenters. The molecule has 1 fully saturated rings. The Hall–Kier alpha value is -1.19. The van der Waals surface area contributed by atoms with Gasteiger partial charge in [-0.1, -0.05) is 18.2 Å². The van der Waals surface area contributed by atoms with Crippen molar-refractivity contribution in [3.05, 3.63) is 35.4 Å². The molecule has 17 heavy (non-hydrogen) atoms. The Morgan fingerprint density at radius 1 is 1.35 bits per heavy atom. The molecule has 1 N–H and O–H groups in total. The van der Waals surface area contributed by atoms with Gasteiger partial charge in [0.15, 0.2) is 5.78 Å². The monoisotopic (exact) mass is 232 g/mol. The quantitative estimate of drug-likeness (QED) is 0.784. The first kappa shape index (κ1) is 12.3. The molecule has 0 aromatic heterocycles. The molecular formula is C14H20N2O. The predicted octanol–water partition coefficient (Wildman–Crippen LogP) is 1.68. The van der Waals surface area contributed by atoms with Gasteiger partial charge in [-0.2, -0.15) is 0 Å². The van der Waals surface area contributed by atoms with Crippen LogP contribution in [0.3, 0.4) is 0 Å². The zero-order chi connectivity index (χ0) is 12.1. The van der Waals surface area contributed by atoms with Crippen LogP contribution in [0.5, 0.6) is 0 Å². The molecule has 3 nitrogen and oxygen atoms in total. The highest BCUT2D eigenvalue weighted by atomic mass is 16.1. The number of carbonyl (C=O) groups excluding carboxylic acids is 1. The molecule has 1 aromatic carbocycles. The first-order valence-corrected chi connectivity index (χ1v) is 6.28. The number of likely N-dealkylation sites (tertiary alicyclic amines) is 1. The second kappa shape index (κ2) is 5.94. The Kier molecular flexibility index (Phi) is 4.29. The fourth-order valence-corrected chi connectivity index (χ4v) is 2.30. The summed E-state index contributed by atoms with van der Waals surface area (Å²) in [5.74, 6) is 0.163. The smallest absolute Gasteiger partial charge is 0.176 e. The molecule has 0 bridgehead atoms. The lowest BCUT2D eigenvalue weighted by Gasteiger charge is -2.14. The molecule has 0 spiro atoms. The predicted molar refractivity (Wildman–Crippen MR) is 69.2 cm³/mol. The minimum absolute atomic E-state index is 0.163. The van der Waals surface area contributed by atoms with Crippen LogP contribution < -0.4 is 5.32 Å². The number of carbonyl (C=O) groups is 1. The van der Waals surface area contributed by atoms with E-state index in [9.17, 15) is 4.79 Å². The number of benzene rings is 1. The number of nitrogens with one attached hydrogen (secondary N) is 1. The van der Waals surface area contributed by atoms with E-state index in [1.54, 1.807) is 7.05 Å². The molecule has 0 amide bonds. The summed E-state index contributed by atoms with van der Waals surface area (Å²) in [6, 6.07) is 8.01. The molecule has 0 atom stereocenters. The summed E-state index contributed by atoms with van der Waals surface area (Å²) >= 11 is 0. The van der Waals surface area contributed by atoms with E-state index < -0.39 is 0 Å². The summed E-state index contributed by atoms with van der Waals surface area (Å²) in [5, 5.41) is 2.90. The molecule has 1 aromatic rings. The molecule has 1 saturated heterocycles. The highest BCUT2D eigenvalue weighted by molar-refractivity contribution is 5.97. The van der Waals surface area contributed by atoms with Gasteiger partial charge in [0.05, 0.1) is 6.54 Å². The van der Waals surface area contributed by atoms with Crippen molar-refractivity contribution in [3.63, 3.8) is 0 Å². The second-order valence-electron chi connectivity index (χ2n) is 4.64. The van der Waals surface area contributed by atoms with E-state index >= 15 is 0 Å². The van der Waals surface area contributed by atoms with Gasteiger partial charge in [0.1, 0.15) is 0 Å². The number of nitrogens with zero attached hydrogens (tertiary/aromatic N) is 1. The van der Waals surface area contributed by atoms with Gasteiger partial charge < -0.3 is 5.32 Å². The van der Waals surface area contributed by atoms with Gasteiger partial charge in [-0.25, -0.2) is 0 Å². The number of hydrogen-bond donors (Lipinski definition) is 1. The zero-order valence-electron chi connectivity index (χ0n) is 10.4. The van der Waals surface area contributed by atoms with Crippen molar-refractivity contribution in [1.82, 2.24) is 10.2 Å². The van der Waals surface area contributed by atoms with Crippen LogP contribution in [0.4, 0.5) is 0 Å². The van der Waals surface area contributed by atoms with Crippen molar-refractivity contribution in [1.29, 1.82) is 0 Å². The van der Waals surface area contributed by atoms with Crippen molar-refractivity contribution in [2.24, 2.45) is 0 Å². The van der Waals surface area contributed by atoms with Crippen LogP contribution >= 0.6 is 0 Å². The molecule has 92 valence electrons. The van der Waals surface area contributed by atoms with E-state index in [0.717, 1.165) is 12.1 Å². The Morgan fingerprint density at radius 3 is 2.82 bits per heavy atom.